The Hall–Kier alpha value is -1.50. The highest BCUT2D eigenvalue weighted by Gasteiger charge is 2.23. The Balaban J connectivity index is 2.11. The third-order valence-corrected chi connectivity index (χ3v) is 3.44. The van der Waals surface area contributed by atoms with Gasteiger partial charge < -0.3 is 15.0 Å². The SMILES string of the molecule is Cc1cc2ncc(CN(C)C)c([C@@H]3CNCCO3)n2n1. The quantitative estimate of drug-likeness (QED) is 0.896. The molecule has 0 saturated carbocycles. The van der Waals surface area contributed by atoms with Crippen LogP contribution in [0.3, 0.4) is 0 Å². The van der Waals surface area contributed by atoms with Crippen LogP contribution >= 0.6 is 0 Å². The number of nitrogens with one attached hydrogen (secondary N) is 1. The first kappa shape index (κ1) is 13.5. The first-order chi connectivity index (χ1) is 9.65. The number of aryl methyl sites for hydroxylation is 1. The van der Waals surface area contributed by atoms with Crippen LogP contribution in [0.2, 0.25) is 0 Å². The second kappa shape index (κ2) is 5.47. The molecule has 3 heterocycles. The molecule has 0 bridgehead atoms. The molecule has 0 amide bonds. The number of hydrogen-bond acceptors (Lipinski definition) is 5. The average molecular weight is 275 g/mol. The first-order valence-electron chi connectivity index (χ1n) is 6.96. The van der Waals surface area contributed by atoms with Gasteiger partial charge in [-0.15, -0.1) is 0 Å². The fourth-order valence-corrected chi connectivity index (χ4v) is 2.65. The van der Waals surface area contributed by atoms with E-state index in [1.165, 1.54) is 5.56 Å². The zero-order valence-electron chi connectivity index (χ0n) is 12.3. The molecule has 0 aliphatic carbocycles. The van der Waals surface area contributed by atoms with Crippen molar-refractivity contribution in [2.45, 2.75) is 19.6 Å². The summed E-state index contributed by atoms with van der Waals surface area (Å²) in [5.41, 5.74) is 4.14. The number of ether oxygens (including phenoxy) is 1. The van der Waals surface area contributed by atoms with Gasteiger partial charge >= 0.3 is 0 Å². The molecule has 1 aliphatic heterocycles. The van der Waals surface area contributed by atoms with E-state index in [0.717, 1.165) is 43.3 Å². The van der Waals surface area contributed by atoms with Gasteiger partial charge in [0.1, 0.15) is 6.10 Å². The van der Waals surface area contributed by atoms with Crippen LogP contribution < -0.4 is 5.32 Å². The lowest BCUT2D eigenvalue weighted by Gasteiger charge is -2.26. The maximum Gasteiger partial charge on any atom is 0.155 e. The molecule has 2 aromatic heterocycles. The monoisotopic (exact) mass is 275 g/mol. The lowest BCUT2D eigenvalue weighted by Crippen LogP contribution is -2.35. The summed E-state index contributed by atoms with van der Waals surface area (Å²) in [4.78, 5) is 6.65. The summed E-state index contributed by atoms with van der Waals surface area (Å²) >= 11 is 0. The van der Waals surface area contributed by atoms with Crippen molar-refractivity contribution in [3.8, 4) is 0 Å². The van der Waals surface area contributed by atoms with Gasteiger partial charge in [-0.2, -0.15) is 5.10 Å². The van der Waals surface area contributed by atoms with Crippen LogP contribution in [0.1, 0.15) is 23.1 Å². The molecule has 3 rings (SSSR count). The van der Waals surface area contributed by atoms with Crippen LogP contribution in [-0.2, 0) is 11.3 Å². The van der Waals surface area contributed by atoms with Crippen molar-refractivity contribution in [3.05, 3.63) is 29.2 Å². The van der Waals surface area contributed by atoms with E-state index in [0.29, 0.717) is 0 Å². The molecule has 1 aliphatic rings. The smallest absolute Gasteiger partial charge is 0.155 e. The van der Waals surface area contributed by atoms with Gasteiger partial charge in [-0.05, 0) is 21.0 Å². The van der Waals surface area contributed by atoms with E-state index >= 15 is 0 Å². The number of nitrogens with zero attached hydrogens (tertiary/aromatic N) is 4. The van der Waals surface area contributed by atoms with E-state index in [-0.39, 0.29) is 6.10 Å². The highest BCUT2D eigenvalue weighted by atomic mass is 16.5. The second-order valence-electron chi connectivity index (χ2n) is 5.53. The molecule has 108 valence electrons. The maximum absolute atomic E-state index is 5.93. The van der Waals surface area contributed by atoms with Crippen LogP contribution in [0.15, 0.2) is 12.3 Å². The van der Waals surface area contributed by atoms with E-state index in [9.17, 15) is 0 Å². The standard InChI is InChI=1S/C14H21N5O/c1-10-6-13-16-7-11(9-18(2)3)14(19(13)17-10)12-8-15-4-5-20-12/h6-7,12,15H,4-5,8-9H2,1-3H3/t12-/m0/s1. The fourth-order valence-electron chi connectivity index (χ4n) is 2.65. The third kappa shape index (κ3) is 2.54. The Kier molecular flexibility index (Phi) is 3.69. The summed E-state index contributed by atoms with van der Waals surface area (Å²) in [6.07, 6.45) is 1.98. The van der Waals surface area contributed by atoms with E-state index in [2.05, 4.69) is 34.4 Å². The summed E-state index contributed by atoms with van der Waals surface area (Å²) in [5.74, 6) is 0. The molecule has 2 aromatic rings. The normalized spacial score (nSPS) is 19.9. The topological polar surface area (TPSA) is 54.7 Å². The molecule has 1 N–H and O–H groups in total. The van der Waals surface area contributed by atoms with Gasteiger partial charge in [0, 0.05) is 37.5 Å². The first-order valence-corrected chi connectivity index (χ1v) is 6.96. The molecule has 0 aromatic carbocycles. The number of hydrogen-bond donors (Lipinski definition) is 1. The summed E-state index contributed by atoms with van der Waals surface area (Å²) in [6.45, 7) is 5.28. The predicted molar refractivity (Wildman–Crippen MR) is 76.7 cm³/mol. The zero-order chi connectivity index (χ0) is 14.1. The van der Waals surface area contributed by atoms with Crippen LogP contribution in [0.4, 0.5) is 0 Å². The average Bonchev–Trinajstić information content (AvgIpc) is 2.79. The van der Waals surface area contributed by atoms with Crippen LogP contribution in [0.5, 0.6) is 0 Å². The van der Waals surface area contributed by atoms with Crippen LogP contribution in [-0.4, -0.2) is 53.3 Å². The predicted octanol–water partition coefficient (Wildman–Crippen LogP) is 0.760. The van der Waals surface area contributed by atoms with E-state index in [4.69, 9.17) is 4.74 Å². The molecule has 20 heavy (non-hydrogen) atoms. The summed E-state index contributed by atoms with van der Waals surface area (Å²) in [5, 5.41) is 7.97. The second-order valence-corrected chi connectivity index (χ2v) is 5.53. The Labute approximate surface area is 118 Å². The van der Waals surface area contributed by atoms with Gasteiger partial charge in [-0.1, -0.05) is 0 Å². The van der Waals surface area contributed by atoms with Crippen LogP contribution in [0.25, 0.3) is 5.65 Å². The Morgan fingerprint density at radius 2 is 2.35 bits per heavy atom. The largest absolute Gasteiger partial charge is 0.369 e. The van der Waals surface area contributed by atoms with Gasteiger partial charge in [-0.25, -0.2) is 9.50 Å². The zero-order valence-corrected chi connectivity index (χ0v) is 12.3. The van der Waals surface area contributed by atoms with Gasteiger partial charge in [0.2, 0.25) is 0 Å². The minimum atomic E-state index is 0.0310. The third-order valence-electron chi connectivity index (χ3n) is 3.44. The molecule has 1 fully saturated rings. The number of morpholine rings is 1. The Morgan fingerprint density at radius 1 is 1.50 bits per heavy atom. The van der Waals surface area contributed by atoms with Crippen molar-refractivity contribution in [2.24, 2.45) is 0 Å². The van der Waals surface area contributed by atoms with Crippen molar-refractivity contribution in [1.29, 1.82) is 0 Å². The Morgan fingerprint density at radius 3 is 3.05 bits per heavy atom. The molecule has 0 radical (unpaired) electrons. The minimum Gasteiger partial charge on any atom is -0.369 e. The lowest BCUT2D eigenvalue weighted by atomic mass is 10.1. The summed E-state index contributed by atoms with van der Waals surface area (Å²) in [6, 6.07) is 2.00. The van der Waals surface area contributed by atoms with Gasteiger partial charge in [0.15, 0.2) is 5.65 Å². The van der Waals surface area contributed by atoms with E-state index in [1.54, 1.807) is 0 Å². The van der Waals surface area contributed by atoms with Gasteiger partial charge in [0.25, 0.3) is 0 Å². The van der Waals surface area contributed by atoms with Crippen molar-refractivity contribution in [1.82, 2.24) is 24.8 Å². The lowest BCUT2D eigenvalue weighted by molar-refractivity contribution is 0.0227. The highest BCUT2D eigenvalue weighted by molar-refractivity contribution is 5.42. The van der Waals surface area contributed by atoms with E-state index in [1.807, 2.05) is 23.7 Å². The summed E-state index contributed by atoms with van der Waals surface area (Å²) in [7, 11) is 4.12. The fraction of sp³-hybridized carbons (Fsp3) is 0.571. The van der Waals surface area contributed by atoms with Crippen molar-refractivity contribution in [3.63, 3.8) is 0 Å². The number of fused-ring (bicyclic) bond motifs is 1. The molecule has 6 nitrogen and oxygen atoms in total. The molecule has 0 spiro atoms. The van der Waals surface area contributed by atoms with Crippen molar-refractivity contribution >= 4 is 5.65 Å². The van der Waals surface area contributed by atoms with Crippen LogP contribution in [0, 0.1) is 6.92 Å². The van der Waals surface area contributed by atoms with Gasteiger partial charge in [-0.3, -0.25) is 0 Å². The Bertz CT molecular complexity index is 601. The molecule has 1 saturated heterocycles. The highest BCUT2D eigenvalue weighted by Crippen LogP contribution is 2.24. The number of rotatable bonds is 3. The van der Waals surface area contributed by atoms with Gasteiger partial charge in [0.05, 0.1) is 18.0 Å². The summed E-state index contributed by atoms with van der Waals surface area (Å²) < 4.78 is 7.87. The van der Waals surface area contributed by atoms with E-state index < -0.39 is 0 Å². The maximum atomic E-state index is 5.93. The molecule has 6 heteroatoms. The minimum absolute atomic E-state index is 0.0310. The molecule has 0 unspecified atom stereocenters. The number of aromatic nitrogens is 3. The molecule has 1 atom stereocenters. The molecular weight excluding hydrogens is 254 g/mol. The molecular formula is C14H21N5O. The van der Waals surface area contributed by atoms with Crippen molar-refractivity contribution in [2.75, 3.05) is 33.8 Å². The van der Waals surface area contributed by atoms with Crippen molar-refractivity contribution < 1.29 is 4.74 Å².